The van der Waals surface area contributed by atoms with Gasteiger partial charge in [-0.3, -0.25) is 10.1 Å². The molecule has 0 aliphatic heterocycles. The Labute approximate surface area is 99.9 Å². The highest BCUT2D eigenvalue weighted by Gasteiger charge is 2.09. The molecule has 0 amide bonds. The minimum absolute atomic E-state index is 0.0270. The zero-order valence-electron chi connectivity index (χ0n) is 9.66. The molecule has 0 saturated carbocycles. The smallest absolute Gasteiger partial charge is 0.269 e. The lowest BCUT2D eigenvalue weighted by atomic mass is 10.3. The summed E-state index contributed by atoms with van der Waals surface area (Å²) in [6, 6.07) is 5.59. The second kappa shape index (κ2) is 5.74. The zero-order chi connectivity index (χ0) is 12.9. The Kier molecular flexibility index (Phi) is 4.59. The Morgan fingerprint density at radius 3 is 2.47 bits per heavy atom. The van der Waals surface area contributed by atoms with Crippen LogP contribution in [0.25, 0.3) is 0 Å². The molecule has 0 heterocycles. The third kappa shape index (κ3) is 3.79. The van der Waals surface area contributed by atoms with Gasteiger partial charge in [-0.1, -0.05) is 0 Å². The van der Waals surface area contributed by atoms with Crippen molar-refractivity contribution >= 4 is 15.4 Å². The van der Waals surface area contributed by atoms with Crippen molar-refractivity contribution in [2.45, 2.75) is 4.90 Å². The molecule has 0 N–H and O–H groups in total. The first-order chi connectivity index (χ1) is 7.97. The molecule has 1 unspecified atom stereocenters. The highest BCUT2D eigenvalue weighted by Crippen LogP contribution is 2.17. The first-order valence-electron chi connectivity index (χ1n) is 4.88. The van der Waals surface area contributed by atoms with Gasteiger partial charge in [-0.25, -0.2) is 8.57 Å². The molecule has 7 heteroatoms. The van der Waals surface area contributed by atoms with Crippen LogP contribution in [0.4, 0.5) is 5.69 Å². The van der Waals surface area contributed by atoms with E-state index in [2.05, 4.69) is 4.36 Å². The summed E-state index contributed by atoms with van der Waals surface area (Å²) < 4.78 is 21.0. The van der Waals surface area contributed by atoms with Crippen molar-refractivity contribution in [3.05, 3.63) is 34.4 Å². The minimum atomic E-state index is -2.50. The van der Waals surface area contributed by atoms with Crippen LogP contribution >= 0.6 is 0 Å². The van der Waals surface area contributed by atoms with E-state index in [1.54, 1.807) is 7.11 Å². The van der Waals surface area contributed by atoms with Gasteiger partial charge >= 0.3 is 0 Å². The van der Waals surface area contributed by atoms with Crippen molar-refractivity contribution in [3.63, 3.8) is 0 Å². The molecule has 6 nitrogen and oxygen atoms in total. The van der Waals surface area contributed by atoms with Crippen LogP contribution in [0.3, 0.4) is 0 Å². The molecule has 1 rings (SSSR count). The maximum absolute atomic E-state index is 12.2. The van der Waals surface area contributed by atoms with Crippen LogP contribution in [0.1, 0.15) is 0 Å². The Morgan fingerprint density at radius 2 is 2.00 bits per heavy atom. The Bertz CT molecular complexity index is 504. The molecule has 0 spiro atoms. The molecule has 0 aromatic heterocycles. The van der Waals surface area contributed by atoms with E-state index in [4.69, 9.17) is 4.74 Å². The van der Waals surface area contributed by atoms with E-state index in [0.29, 0.717) is 18.0 Å². The second-order valence-corrected chi connectivity index (χ2v) is 5.73. The molecule has 0 aliphatic rings. The molecule has 0 aliphatic carbocycles. The van der Waals surface area contributed by atoms with Gasteiger partial charge in [0.05, 0.1) is 27.8 Å². The number of nitro benzene ring substituents is 1. The van der Waals surface area contributed by atoms with Gasteiger partial charge < -0.3 is 4.74 Å². The van der Waals surface area contributed by atoms with Crippen molar-refractivity contribution in [1.29, 1.82) is 0 Å². The zero-order valence-corrected chi connectivity index (χ0v) is 10.5. The molecule has 94 valence electrons. The van der Waals surface area contributed by atoms with Gasteiger partial charge in [0.1, 0.15) is 0 Å². The Balaban J connectivity index is 2.96. The highest BCUT2D eigenvalue weighted by molar-refractivity contribution is 7.93. The molecule has 0 radical (unpaired) electrons. The average Bonchev–Trinajstić information content (AvgIpc) is 2.29. The van der Waals surface area contributed by atoms with Crippen molar-refractivity contribution < 1.29 is 13.9 Å². The quantitative estimate of drug-likeness (QED) is 0.457. The van der Waals surface area contributed by atoms with Gasteiger partial charge in [0.2, 0.25) is 0 Å². The molecule has 1 aromatic carbocycles. The summed E-state index contributed by atoms with van der Waals surface area (Å²) in [6.45, 7) is 0.737. The van der Waals surface area contributed by atoms with E-state index in [9.17, 15) is 14.3 Å². The summed E-state index contributed by atoms with van der Waals surface area (Å²) in [5.41, 5.74) is -0.0270. The first-order valence-corrected chi connectivity index (χ1v) is 6.81. The Hall–Kier alpha value is -1.47. The standard InChI is InChI=1S/C10H14N2O4S/c1-16-8-7-11-17(2,15)10-5-3-9(4-6-10)12(13)14/h3-6H,7-8H2,1-2H3. The van der Waals surface area contributed by atoms with Crippen LogP contribution < -0.4 is 0 Å². The van der Waals surface area contributed by atoms with Crippen LogP contribution in [0.15, 0.2) is 33.5 Å². The molecule has 0 saturated heterocycles. The number of ether oxygens (including phenoxy) is 1. The molecule has 0 fully saturated rings. The number of benzene rings is 1. The third-order valence-corrected chi connectivity index (χ3v) is 3.94. The first kappa shape index (κ1) is 13.6. The van der Waals surface area contributed by atoms with E-state index < -0.39 is 14.7 Å². The SMILES string of the molecule is COCCN=S(C)(=O)c1ccc([N+](=O)[O-])cc1. The van der Waals surface area contributed by atoms with E-state index in [1.165, 1.54) is 30.5 Å². The lowest BCUT2D eigenvalue weighted by Crippen LogP contribution is -2.02. The molecule has 17 heavy (non-hydrogen) atoms. The fraction of sp³-hybridized carbons (Fsp3) is 0.400. The van der Waals surface area contributed by atoms with E-state index in [1.807, 2.05) is 0 Å². The number of methoxy groups -OCH3 is 1. The number of nitro groups is 1. The van der Waals surface area contributed by atoms with E-state index >= 15 is 0 Å². The lowest BCUT2D eigenvalue weighted by molar-refractivity contribution is -0.384. The van der Waals surface area contributed by atoms with Crippen molar-refractivity contribution in [2.24, 2.45) is 4.36 Å². The largest absolute Gasteiger partial charge is 0.383 e. The topological polar surface area (TPSA) is 81.8 Å². The summed E-state index contributed by atoms with van der Waals surface area (Å²) in [5, 5.41) is 10.5. The van der Waals surface area contributed by atoms with Crippen LogP contribution in [-0.2, 0) is 14.5 Å². The number of rotatable bonds is 5. The predicted octanol–water partition coefficient (Wildman–Crippen LogP) is 1.70. The van der Waals surface area contributed by atoms with Gasteiger partial charge in [0.15, 0.2) is 0 Å². The molecular weight excluding hydrogens is 244 g/mol. The van der Waals surface area contributed by atoms with Crippen LogP contribution in [0.2, 0.25) is 0 Å². The van der Waals surface area contributed by atoms with Crippen molar-refractivity contribution in [1.82, 2.24) is 0 Å². The maximum Gasteiger partial charge on any atom is 0.269 e. The monoisotopic (exact) mass is 258 g/mol. The highest BCUT2D eigenvalue weighted by atomic mass is 32.2. The predicted molar refractivity (Wildman–Crippen MR) is 64.6 cm³/mol. The van der Waals surface area contributed by atoms with E-state index in [-0.39, 0.29) is 5.69 Å². The number of non-ortho nitro benzene ring substituents is 1. The second-order valence-electron chi connectivity index (χ2n) is 3.40. The molecule has 0 bridgehead atoms. The van der Waals surface area contributed by atoms with Gasteiger partial charge in [0.25, 0.3) is 5.69 Å². The fourth-order valence-electron chi connectivity index (χ4n) is 1.20. The van der Waals surface area contributed by atoms with Crippen LogP contribution in [0.5, 0.6) is 0 Å². The lowest BCUT2D eigenvalue weighted by Gasteiger charge is -2.04. The normalized spacial score (nSPS) is 14.0. The van der Waals surface area contributed by atoms with Gasteiger partial charge in [-0.2, -0.15) is 0 Å². The average molecular weight is 258 g/mol. The molecule has 1 atom stereocenters. The Morgan fingerprint density at radius 1 is 1.41 bits per heavy atom. The van der Waals surface area contributed by atoms with Gasteiger partial charge in [-0.05, 0) is 12.1 Å². The van der Waals surface area contributed by atoms with Gasteiger partial charge in [0, 0.05) is 30.4 Å². The summed E-state index contributed by atoms with van der Waals surface area (Å²) in [6.07, 6.45) is 1.50. The van der Waals surface area contributed by atoms with Crippen molar-refractivity contribution in [3.8, 4) is 0 Å². The maximum atomic E-state index is 12.2. The summed E-state index contributed by atoms with van der Waals surface area (Å²) in [7, 11) is -0.962. The number of hydrogen-bond donors (Lipinski definition) is 0. The van der Waals surface area contributed by atoms with Crippen LogP contribution in [-0.4, -0.2) is 35.6 Å². The van der Waals surface area contributed by atoms with Crippen molar-refractivity contribution in [2.75, 3.05) is 26.5 Å². The fourth-order valence-corrected chi connectivity index (χ4v) is 2.41. The third-order valence-electron chi connectivity index (χ3n) is 2.12. The van der Waals surface area contributed by atoms with E-state index in [0.717, 1.165) is 0 Å². The number of hydrogen-bond acceptors (Lipinski definition) is 5. The summed E-state index contributed by atoms with van der Waals surface area (Å²) >= 11 is 0. The molecular formula is C10H14N2O4S. The van der Waals surface area contributed by atoms with Crippen LogP contribution in [0, 0.1) is 10.1 Å². The summed E-state index contributed by atoms with van der Waals surface area (Å²) in [5.74, 6) is 0. The minimum Gasteiger partial charge on any atom is -0.383 e. The summed E-state index contributed by atoms with van der Waals surface area (Å²) in [4.78, 5) is 10.5. The molecule has 1 aromatic rings. The number of nitrogens with zero attached hydrogens (tertiary/aromatic N) is 2. The van der Waals surface area contributed by atoms with Gasteiger partial charge in [-0.15, -0.1) is 0 Å².